The highest BCUT2D eigenvalue weighted by atomic mass is 32.1. The van der Waals surface area contributed by atoms with E-state index in [1.165, 1.54) is 6.20 Å². The zero-order valence-corrected chi connectivity index (χ0v) is 15.9. The molecule has 1 aliphatic carbocycles. The van der Waals surface area contributed by atoms with Gasteiger partial charge >= 0.3 is 0 Å². The summed E-state index contributed by atoms with van der Waals surface area (Å²) in [5.41, 5.74) is 3.67. The van der Waals surface area contributed by atoms with E-state index in [2.05, 4.69) is 53.2 Å². The number of hydrogen-bond acceptors (Lipinski definition) is 5. The van der Waals surface area contributed by atoms with Crippen molar-refractivity contribution in [2.45, 2.75) is 45.4 Å². The van der Waals surface area contributed by atoms with Crippen molar-refractivity contribution in [2.75, 3.05) is 5.32 Å². The van der Waals surface area contributed by atoms with Gasteiger partial charge in [0.05, 0.1) is 21.8 Å². The van der Waals surface area contributed by atoms with Gasteiger partial charge < -0.3 is 5.32 Å². The van der Waals surface area contributed by atoms with E-state index in [1.807, 2.05) is 12.3 Å². The Bertz CT molecular complexity index is 947. The van der Waals surface area contributed by atoms with Crippen LogP contribution in [0.15, 0.2) is 30.6 Å². The van der Waals surface area contributed by atoms with Crippen LogP contribution in [0.4, 0.5) is 16.0 Å². The first-order valence-corrected chi connectivity index (χ1v) is 9.68. The highest BCUT2D eigenvalue weighted by molar-refractivity contribution is 7.15. The average molecular weight is 368 g/mol. The Labute approximate surface area is 156 Å². The molecule has 0 atom stereocenters. The molecule has 1 N–H and O–H groups in total. The number of halogens is 1. The van der Waals surface area contributed by atoms with Gasteiger partial charge in [-0.2, -0.15) is 0 Å². The molecule has 6 heteroatoms. The van der Waals surface area contributed by atoms with Crippen molar-refractivity contribution in [1.29, 1.82) is 0 Å². The summed E-state index contributed by atoms with van der Waals surface area (Å²) in [5.74, 6) is 0.800. The van der Waals surface area contributed by atoms with E-state index in [1.54, 1.807) is 11.3 Å². The van der Waals surface area contributed by atoms with Crippen LogP contribution in [-0.4, -0.2) is 15.0 Å². The van der Waals surface area contributed by atoms with Crippen LogP contribution >= 0.6 is 11.3 Å². The second-order valence-corrected chi connectivity index (χ2v) is 8.19. The van der Waals surface area contributed by atoms with Crippen molar-refractivity contribution in [1.82, 2.24) is 15.0 Å². The van der Waals surface area contributed by atoms with E-state index in [4.69, 9.17) is 0 Å². The molecule has 1 fully saturated rings. The lowest BCUT2D eigenvalue weighted by Gasteiger charge is -2.09. The van der Waals surface area contributed by atoms with Gasteiger partial charge in [-0.3, -0.25) is 0 Å². The van der Waals surface area contributed by atoms with Crippen molar-refractivity contribution in [3.63, 3.8) is 0 Å². The molecule has 0 aliphatic heterocycles. The number of hydrogen-bond donors (Lipinski definition) is 1. The molecule has 134 valence electrons. The normalized spacial score (nSPS) is 14.0. The first kappa shape index (κ1) is 17.1. The van der Waals surface area contributed by atoms with Crippen LogP contribution in [0.2, 0.25) is 0 Å². The second kappa shape index (κ2) is 6.76. The lowest BCUT2D eigenvalue weighted by Crippen LogP contribution is -2.02. The molecule has 0 bridgehead atoms. The molecule has 4 rings (SSSR count). The third kappa shape index (κ3) is 3.60. The molecule has 0 radical (unpaired) electrons. The van der Waals surface area contributed by atoms with Crippen molar-refractivity contribution < 1.29 is 4.39 Å². The molecule has 1 aromatic carbocycles. The molecule has 1 saturated carbocycles. The summed E-state index contributed by atoms with van der Waals surface area (Å²) in [5, 5.41) is 4.36. The minimum absolute atomic E-state index is 0.248. The van der Waals surface area contributed by atoms with E-state index in [0.29, 0.717) is 17.6 Å². The van der Waals surface area contributed by atoms with E-state index >= 15 is 0 Å². The SMILES string of the molecule is Cc1cc(Nc2ncc(F)c(C3CC3)n2)cc(-c2cnc(C(C)C)s2)c1. The van der Waals surface area contributed by atoms with Gasteiger partial charge in [0.1, 0.15) is 0 Å². The van der Waals surface area contributed by atoms with Crippen molar-refractivity contribution in [3.8, 4) is 10.4 Å². The highest BCUT2D eigenvalue weighted by Gasteiger charge is 2.28. The molecule has 4 nitrogen and oxygen atoms in total. The Morgan fingerprint density at radius 2 is 1.96 bits per heavy atom. The number of aromatic nitrogens is 3. The number of aryl methyl sites for hydroxylation is 1. The summed E-state index contributed by atoms with van der Waals surface area (Å²) in [6.45, 7) is 6.35. The Kier molecular flexibility index (Phi) is 4.44. The lowest BCUT2D eigenvalue weighted by atomic mass is 10.1. The zero-order chi connectivity index (χ0) is 18.3. The van der Waals surface area contributed by atoms with Gasteiger partial charge in [0, 0.05) is 23.7 Å². The summed E-state index contributed by atoms with van der Waals surface area (Å²) < 4.78 is 13.9. The number of thiazole rings is 1. The fourth-order valence-electron chi connectivity index (χ4n) is 2.90. The number of anilines is 2. The first-order chi connectivity index (χ1) is 12.5. The number of rotatable bonds is 5. The zero-order valence-electron chi connectivity index (χ0n) is 15.1. The van der Waals surface area contributed by atoms with E-state index in [9.17, 15) is 4.39 Å². The van der Waals surface area contributed by atoms with Crippen molar-refractivity contribution in [3.05, 3.63) is 52.7 Å². The number of benzene rings is 1. The Hall–Kier alpha value is -2.34. The van der Waals surface area contributed by atoms with Crippen LogP contribution in [0.5, 0.6) is 0 Å². The topological polar surface area (TPSA) is 50.7 Å². The maximum Gasteiger partial charge on any atom is 0.227 e. The third-order valence-electron chi connectivity index (χ3n) is 4.37. The molecule has 0 saturated heterocycles. The van der Waals surface area contributed by atoms with Gasteiger partial charge in [-0.05, 0) is 43.0 Å². The van der Waals surface area contributed by atoms with Crippen LogP contribution in [0.1, 0.15) is 54.8 Å². The monoisotopic (exact) mass is 368 g/mol. The molecule has 2 heterocycles. The fourth-order valence-corrected chi connectivity index (χ4v) is 3.81. The van der Waals surface area contributed by atoms with Gasteiger partial charge in [-0.25, -0.2) is 19.3 Å². The molecule has 0 unspecified atom stereocenters. The summed E-state index contributed by atoms with van der Waals surface area (Å²) in [6, 6.07) is 6.25. The van der Waals surface area contributed by atoms with Crippen molar-refractivity contribution >= 4 is 23.0 Å². The van der Waals surface area contributed by atoms with Crippen LogP contribution in [0.25, 0.3) is 10.4 Å². The van der Waals surface area contributed by atoms with Gasteiger partial charge in [-0.15, -0.1) is 11.3 Å². The molecule has 0 spiro atoms. The smallest absolute Gasteiger partial charge is 0.227 e. The molecule has 0 amide bonds. The van der Waals surface area contributed by atoms with Gasteiger partial charge in [0.15, 0.2) is 5.82 Å². The Balaban J connectivity index is 1.63. The Morgan fingerprint density at radius 1 is 1.15 bits per heavy atom. The molecule has 26 heavy (non-hydrogen) atoms. The van der Waals surface area contributed by atoms with Gasteiger partial charge in [0.2, 0.25) is 5.95 Å². The molecular weight excluding hydrogens is 347 g/mol. The quantitative estimate of drug-likeness (QED) is 0.619. The van der Waals surface area contributed by atoms with Crippen LogP contribution in [-0.2, 0) is 0 Å². The largest absolute Gasteiger partial charge is 0.324 e. The Morgan fingerprint density at radius 3 is 2.65 bits per heavy atom. The van der Waals surface area contributed by atoms with E-state index in [-0.39, 0.29) is 11.7 Å². The maximum absolute atomic E-state index is 13.9. The minimum Gasteiger partial charge on any atom is -0.324 e. The molecule has 1 aliphatic rings. The predicted octanol–water partition coefficient (Wildman–Crippen LogP) is 5.79. The minimum atomic E-state index is -0.311. The van der Waals surface area contributed by atoms with E-state index < -0.39 is 0 Å². The van der Waals surface area contributed by atoms with Crippen molar-refractivity contribution in [2.24, 2.45) is 0 Å². The van der Waals surface area contributed by atoms with Crippen LogP contribution in [0, 0.1) is 12.7 Å². The molecule has 2 aromatic heterocycles. The van der Waals surface area contributed by atoms with E-state index in [0.717, 1.165) is 39.5 Å². The fraction of sp³-hybridized carbons (Fsp3) is 0.350. The predicted molar refractivity (Wildman–Crippen MR) is 104 cm³/mol. The lowest BCUT2D eigenvalue weighted by molar-refractivity contribution is 0.593. The number of nitrogens with one attached hydrogen (secondary N) is 1. The summed E-state index contributed by atoms with van der Waals surface area (Å²) >= 11 is 1.71. The second-order valence-electron chi connectivity index (χ2n) is 7.13. The standard InChI is InChI=1S/C20H21FN4S/c1-11(2)19-22-10-17(26-19)14-6-12(3)7-15(8-14)24-20-23-9-16(21)18(25-20)13-4-5-13/h6-11,13H,4-5H2,1-3H3,(H,23,24,25). The van der Waals surface area contributed by atoms with Gasteiger partial charge in [-0.1, -0.05) is 19.9 Å². The maximum atomic E-state index is 13.9. The average Bonchev–Trinajstić information content (AvgIpc) is 3.31. The van der Waals surface area contributed by atoms with Crippen LogP contribution < -0.4 is 5.32 Å². The number of nitrogens with zero attached hydrogens (tertiary/aromatic N) is 3. The third-order valence-corrected chi connectivity index (χ3v) is 5.72. The van der Waals surface area contributed by atoms with Crippen LogP contribution in [0.3, 0.4) is 0 Å². The first-order valence-electron chi connectivity index (χ1n) is 8.87. The van der Waals surface area contributed by atoms with Gasteiger partial charge in [0.25, 0.3) is 0 Å². The molecular formula is C20H21FN4S. The summed E-state index contributed by atoms with van der Waals surface area (Å²) in [7, 11) is 0. The summed E-state index contributed by atoms with van der Waals surface area (Å²) in [6.07, 6.45) is 5.20. The summed E-state index contributed by atoms with van der Waals surface area (Å²) in [4.78, 5) is 14.1. The highest BCUT2D eigenvalue weighted by Crippen LogP contribution is 2.40. The molecule has 3 aromatic rings.